The Bertz CT molecular complexity index is 914. The van der Waals surface area contributed by atoms with Gasteiger partial charge in [-0.2, -0.15) is 0 Å². The van der Waals surface area contributed by atoms with Crippen molar-refractivity contribution in [2.45, 2.75) is 37.0 Å². The average molecular weight is 428 g/mol. The molecule has 7 heteroatoms. The van der Waals surface area contributed by atoms with E-state index in [9.17, 15) is 9.59 Å². The Balaban J connectivity index is 1.76. The molecule has 0 bridgehead atoms. The van der Waals surface area contributed by atoms with Crippen LogP contribution in [0.1, 0.15) is 42.7 Å². The lowest BCUT2D eigenvalue weighted by molar-refractivity contribution is -0.115. The van der Waals surface area contributed by atoms with Gasteiger partial charge in [-0.15, -0.1) is 11.8 Å². The zero-order valence-corrected chi connectivity index (χ0v) is 18.7. The van der Waals surface area contributed by atoms with Crippen LogP contribution in [0, 0.1) is 0 Å². The van der Waals surface area contributed by atoms with Gasteiger partial charge < -0.3 is 15.4 Å². The number of nitrogens with one attached hydrogen (secondary N) is 2. The SMILES string of the molecule is CCN(CC)C(CNC(=O)c1ccc2c(c1)NC(=O)C(C)S2)c1cccc(OC)c1. The number of anilines is 1. The van der Waals surface area contributed by atoms with E-state index < -0.39 is 0 Å². The third-order valence-corrected chi connectivity index (χ3v) is 6.54. The third-order valence-electron chi connectivity index (χ3n) is 5.36. The predicted molar refractivity (Wildman–Crippen MR) is 121 cm³/mol. The molecule has 2 amide bonds. The Morgan fingerprint density at radius 1 is 1.23 bits per heavy atom. The maximum absolute atomic E-state index is 12.9. The molecule has 2 unspecified atom stereocenters. The molecule has 0 saturated carbocycles. The number of hydrogen-bond acceptors (Lipinski definition) is 5. The Kier molecular flexibility index (Phi) is 7.39. The molecule has 6 nitrogen and oxygen atoms in total. The second kappa shape index (κ2) is 10.00. The van der Waals surface area contributed by atoms with Gasteiger partial charge in [0.15, 0.2) is 0 Å². The summed E-state index contributed by atoms with van der Waals surface area (Å²) in [6.45, 7) is 8.31. The lowest BCUT2D eigenvalue weighted by Crippen LogP contribution is -2.38. The van der Waals surface area contributed by atoms with E-state index in [1.54, 1.807) is 13.2 Å². The molecule has 160 valence electrons. The normalized spacial score (nSPS) is 16.6. The van der Waals surface area contributed by atoms with E-state index in [4.69, 9.17) is 4.74 Å². The number of thioether (sulfide) groups is 1. The smallest absolute Gasteiger partial charge is 0.251 e. The maximum atomic E-state index is 12.9. The van der Waals surface area contributed by atoms with Gasteiger partial charge >= 0.3 is 0 Å². The highest BCUT2D eigenvalue weighted by molar-refractivity contribution is 8.00. The number of fused-ring (bicyclic) bond motifs is 1. The van der Waals surface area contributed by atoms with Crippen molar-refractivity contribution >= 4 is 29.3 Å². The van der Waals surface area contributed by atoms with Gasteiger partial charge in [-0.3, -0.25) is 14.5 Å². The summed E-state index contributed by atoms with van der Waals surface area (Å²) in [5, 5.41) is 5.82. The quantitative estimate of drug-likeness (QED) is 0.668. The van der Waals surface area contributed by atoms with Gasteiger partial charge in [-0.1, -0.05) is 26.0 Å². The molecular weight excluding hydrogens is 398 g/mol. The largest absolute Gasteiger partial charge is 0.497 e. The Hall–Kier alpha value is -2.51. The van der Waals surface area contributed by atoms with Crippen molar-refractivity contribution in [1.82, 2.24) is 10.2 Å². The number of nitrogens with zero attached hydrogens (tertiary/aromatic N) is 1. The minimum atomic E-state index is -0.157. The molecule has 2 atom stereocenters. The van der Waals surface area contributed by atoms with Gasteiger partial charge in [-0.05, 0) is 55.9 Å². The molecule has 0 aliphatic carbocycles. The van der Waals surface area contributed by atoms with E-state index in [1.807, 2.05) is 37.3 Å². The monoisotopic (exact) mass is 427 g/mol. The summed E-state index contributed by atoms with van der Waals surface area (Å²) in [5.41, 5.74) is 2.33. The van der Waals surface area contributed by atoms with E-state index in [0.717, 1.165) is 29.3 Å². The number of hydrogen-bond donors (Lipinski definition) is 2. The topological polar surface area (TPSA) is 70.7 Å². The first-order chi connectivity index (χ1) is 14.5. The molecule has 0 saturated heterocycles. The first-order valence-corrected chi connectivity index (χ1v) is 11.1. The van der Waals surface area contributed by atoms with Crippen molar-refractivity contribution in [2.75, 3.05) is 32.1 Å². The van der Waals surface area contributed by atoms with E-state index >= 15 is 0 Å². The highest BCUT2D eigenvalue weighted by atomic mass is 32.2. The van der Waals surface area contributed by atoms with E-state index in [0.29, 0.717) is 17.8 Å². The zero-order chi connectivity index (χ0) is 21.7. The number of amides is 2. The molecule has 2 aromatic carbocycles. The summed E-state index contributed by atoms with van der Waals surface area (Å²) < 4.78 is 5.37. The van der Waals surface area contributed by atoms with Crippen LogP contribution in [-0.2, 0) is 4.79 Å². The average Bonchev–Trinajstić information content (AvgIpc) is 2.77. The van der Waals surface area contributed by atoms with Crippen LogP contribution in [0.4, 0.5) is 5.69 Å². The minimum Gasteiger partial charge on any atom is -0.497 e. The molecule has 1 aliphatic heterocycles. The lowest BCUT2D eigenvalue weighted by atomic mass is 10.0. The molecule has 1 heterocycles. The number of ether oxygens (including phenoxy) is 1. The number of likely N-dealkylation sites (N-methyl/N-ethyl adjacent to an activating group) is 1. The van der Waals surface area contributed by atoms with Crippen molar-refractivity contribution in [3.8, 4) is 5.75 Å². The van der Waals surface area contributed by atoms with Crippen molar-refractivity contribution in [2.24, 2.45) is 0 Å². The summed E-state index contributed by atoms with van der Waals surface area (Å²) in [5.74, 6) is 0.605. The standard InChI is InChI=1S/C23H29N3O3S/c1-5-26(6-2)20(16-8-7-9-18(12-16)29-4)14-24-23(28)17-10-11-21-19(13-17)25-22(27)15(3)30-21/h7-13,15,20H,5-6,14H2,1-4H3,(H,24,28)(H,25,27). The molecule has 2 aromatic rings. The second-order valence-corrected chi connectivity index (χ2v) is 8.57. The summed E-state index contributed by atoms with van der Waals surface area (Å²) in [6, 6.07) is 13.5. The molecule has 1 aliphatic rings. The van der Waals surface area contributed by atoms with Crippen LogP contribution in [0.3, 0.4) is 0 Å². The Labute approximate surface area is 182 Å². The van der Waals surface area contributed by atoms with Gasteiger partial charge in [0.1, 0.15) is 5.75 Å². The lowest BCUT2D eigenvalue weighted by Gasteiger charge is -2.30. The van der Waals surface area contributed by atoms with Crippen LogP contribution in [0.2, 0.25) is 0 Å². The van der Waals surface area contributed by atoms with E-state index in [2.05, 4.69) is 35.4 Å². The Morgan fingerprint density at radius 3 is 2.70 bits per heavy atom. The summed E-state index contributed by atoms with van der Waals surface area (Å²) in [6.07, 6.45) is 0. The number of rotatable bonds is 8. The Morgan fingerprint density at radius 2 is 2.00 bits per heavy atom. The van der Waals surface area contributed by atoms with Gasteiger partial charge in [0.25, 0.3) is 5.91 Å². The number of carbonyl (C=O) groups excluding carboxylic acids is 2. The van der Waals surface area contributed by atoms with Gasteiger partial charge in [0.2, 0.25) is 5.91 Å². The van der Waals surface area contributed by atoms with Gasteiger partial charge in [-0.25, -0.2) is 0 Å². The van der Waals surface area contributed by atoms with Crippen LogP contribution >= 0.6 is 11.8 Å². The molecule has 3 rings (SSSR count). The minimum absolute atomic E-state index is 0.0350. The van der Waals surface area contributed by atoms with Crippen LogP contribution in [0.25, 0.3) is 0 Å². The molecule has 0 spiro atoms. The van der Waals surface area contributed by atoms with Crippen LogP contribution < -0.4 is 15.4 Å². The van der Waals surface area contributed by atoms with Gasteiger partial charge in [0.05, 0.1) is 24.1 Å². The summed E-state index contributed by atoms with van der Waals surface area (Å²) >= 11 is 1.51. The first kappa shape index (κ1) is 22.2. The fraction of sp³-hybridized carbons (Fsp3) is 0.391. The van der Waals surface area contributed by atoms with E-state index in [-0.39, 0.29) is 23.1 Å². The highest BCUT2D eigenvalue weighted by Gasteiger charge is 2.24. The second-order valence-electron chi connectivity index (χ2n) is 7.18. The van der Waals surface area contributed by atoms with Gasteiger partial charge in [0, 0.05) is 17.0 Å². The number of methoxy groups -OCH3 is 1. The van der Waals surface area contributed by atoms with Crippen LogP contribution in [0.5, 0.6) is 5.75 Å². The van der Waals surface area contributed by atoms with Crippen molar-refractivity contribution in [3.63, 3.8) is 0 Å². The first-order valence-electron chi connectivity index (χ1n) is 10.2. The molecular formula is C23H29N3O3S. The van der Waals surface area contributed by atoms with Crippen molar-refractivity contribution in [1.29, 1.82) is 0 Å². The van der Waals surface area contributed by atoms with E-state index in [1.165, 1.54) is 11.8 Å². The maximum Gasteiger partial charge on any atom is 0.251 e. The fourth-order valence-electron chi connectivity index (χ4n) is 3.61. The molecule has 2 N–H and O–H groups in total. The summed E-state index contributed by atoms with van der Waals surface area (Å²) in [4.78, 5) is 28.1. The van der Waals surface area contributed by atoms with Crippen LogP contribution in [-0.4, -0.2) is 48.7 Å². The summed E-state index contributed by atoms with van der Waals surface area (Å²) in [7, 11) is 1.65. The fourth-order valence-corrected chi connectivity index (χ4v) is 4.54. The zero-order valence-electron chi connectivity index (χ0n) is 17.9. The van der Waals surface area contributed by atoms with Crippen LogP contribution in [0.15, 0.2) is 47.4 Å². The molecule has 0 radical (unpaired) electrons. The number of benzene rings is 2. The predicted octanol–water partition coefficient (Wildman–Crippen LogP) is 3.94. The van der Waals surface area contributed by atoms with Crippen molar-refractivity contribution in [3.05, 3.63) is 53.6 Å². The molecule has 30 heavy (non-hydrogen) atoms. The molecule has 0 aromatic heterocycles. The number of carbonyl (C=O) groups is 2. The third kappa shape index (κ3) is 4.96. The highest BCUT2D eigenvalue weighted by Crippen LogP contribution is 2.36. The van der Waals surface area contributed by atoms with Crippen molar-refractivity contribution < 1.29 is 14.3 Å². The molecule has 0 fully saturated rings.